The highest BCUT2D eigenvalue weighted by Gasteiger charge is 2.24. The number of sulfonamides is 1. The molecule has 3 aromatic rings. The maximum absolute atomic E-state index is 12.9. The lowest BCUT2D eigenvalue weighted by Crippen LogP contribution is -2.14. The van der Waals surface area contributed by atoms with Crippen molar-refractivity contribution in [3.05, 3.63) is 70.7 Å². The molecule has 0 saturated heterocycles. The van der Waals surface area contributed by atoms with E-state index in [0.29, 0.717) is 16.0 Å². The Morgan fingerprint density at radius 3 is 2.19 bits per heavy atom. The average Bonchev–Trinajstić information content (AvgIpc) is 3.20. The van der Waals surface area contributed by atoms with Crippen LogP contribution in [0.5, 0.6) is 11.5 Å². The maximum atomic E-state index is 12.9. The van der Waals surface area contributed by atoms with Gasteiger partial charge in [0.15, 0.2) is 11.5 Å². The van der Waals surface area contributed by atoms with E-state index in [1.807, 2.05) is 6.07 Å². The van der Waals surface area contributed by atoms with E-state index in [0.717, 1.165) is 6.07 Å². The number of halogens is 1. The lowest BCUT2D eigenvalue weighted by atomic mass is 10.2. The van der Waals surface area contributed by atoms with Crippen molar-refractivity contribution in [2.24, 2.45) is 0 Å². The Kier molecular flexibility index (Phi) is 5.38. The number of nitrogens with zero attached hydrogens (tertiary/aromatic N) is 1. The first-order valence-corrected chi connectivity index (χ1v) is 12.4. The number of anilines is 1. The van der Waals surface area contributed by atoms with Crippen molar-refractivity contribution >= 4 is 41.5 Å². The number of rotatable bonds is 5. The van der Waals surface area contributed by atoms with Gasteiger partial charge in [0, 0.05) is 16.6 Å². The van der Waals surface area contributed by atoms with E-state index in [-0.39, 0.29) is 32.7 Å². The first-order chi connectivity index (χ1) is 14.7. The summed E-state index contributed by atoms with van der Waals surface area (Å²) < 4.78 is 65.1. The highest BCUT2D eigenvalue weighted by molar-refractivity contribution is 9.10. The predicted molar refractivity (Wildman–Crippen MR) is 114 cm³/mol. The molecule has 1 N–H and O–H groups in total. The normalized spacial score (nSPS) is 12.9. The van der Waals surface area contributed by atoms with Crippen molar-refractivity contribution in [2.75, 3.05) is 11.5 Å². The van der Waals surface area contributed by atoms with E-state index in [4.69, 9.17) is 9.47 Å². The zero-order valence-corrected chi connectivity index (χ0v) is 18.8. The third kappa shape index (κ3) is 4.10. The predicted octanol–water partition coefficient (Wildman–Crippen LogP) is 3.68. The van der Waals surface area contributed by atoms with Gasteiger partial charge in [-0.2, -0.15) is 5.26 Å². The third-order valence-electron chi connectivity index (χ3n) is 4.43. The molecule has 1 heterocycles. The molecule has 1 aliphatic heterocycles. The van der Waals surface area contributed by atoms with Crippen LogP contribution in [-0.2, 0) is 19.9 Å². The Hall–Kier alpha value is -3.07. The van der Waals surface area contributed by atoms with Crippen molar-refractivity contribution in [1.82, 2.24) is 0 Å². The third-order valence-corrected chi connectivity index (χ3v) is 8.09. The van der Waals surface area contributed by atoms with Crippen LogP contribution in [0.4, 0.5) is 5.69 Å². The molecule has 4 rings (SSSR count). The summed E-state index contributed by atoms with van der Waals surface area (Å²) in [6.07, 6.45) is 0. The van der Waals surface area contributed by atoms with Gasteiger partial charge in [0.2, 0.25) is 16.6 Å². The van der Waals surface area contributed by atoms with Gasteiger partial charge >= 0.3 is 0 Å². The second kappa shape index (κ2) is 7.88. The molecule has 158 valence electrons. The molecule has 11 heteroatoms. The molecule has 1 aliphatic rings. The van der Waals surface area contributed by atoms with E-state index in [1.165, 1.54) is 42.5 Å². The van der Waals surface area contributed by atoms with Gasteiger partial charge in [-0.05, 0) is 42.5 Å². The van der Waals surface area contributed by atoms with Crippen LogP contribution in [-0.4, -0.2) is 23.6 Å². The first-order valence-electron chi connectivity index (χ1n) is 8.68. The molecule has 0 atom stereocenters. The maximum Gasteiger partial charge on any atom is 0.261 e. The van der Waals surface area contributed by atoms with Crippen LogP contribution in [0.2, 0.25) is 0 Å². The number of nitrogens with one attached hydrogen (secondary N) is 1. The molecule has 31 heavy (non-hydrogen) atoms. The lowest BCUT2D eigenvalue weighted by Gasteiger charge is -2.12. The van der Waals surface area contributed by atoms with Gasteiger partial charge in [-0.1, -0.05) is 22.0 Å². The summed E-state index contributed by atoms with van der Waals surface area (Å²) in [5, 5.41) is 9.35. The van der Waals surface area contributed by atoms with Crippen LogP contribution in [0.25, 0.3) is 0 Å². The molecule has 0 bridgehead atoms. The summed E-state index contributed by atoms with van der Waals surface area (Å²) in [4.78, 5) is -0.420. The van der Waals surface area contributed by atoms with Gasteiger partial charge in [-0.15, -0.1) is 0 Å². The summed E-state index contributed by atoms with van der Waals surface area (Å²) in [6, 6.07) is 15.6. The summed E-state index contributed by atoms with van der Waals surface area (Å²) in [5.41, 5.74) is 0.0272. The van der Waals surface area contributed by atoms with Crippen LogP contribution in [0.3, 0.4) is 0 Å². The molecular weight excluding hydrogens is 508 g/mol. The Balaban J connectivity index is 1.71. The van der Waals surface area contributed by atoms with Crippen molar-refractivity contribution in [2.45, 2.75) is 14.7 Å². The van der Waals surface area contributed by atoms with Gasteiger partial charge in [0.1, 0.15) is 6.07 Å². The number of fused-ring (bicyclic) bond motifs is 1. The summed E-state index contributed by atoms with van der Waals surface area (Å²) in [5.74, 6) is 0.630. The van der Waals surface area contributed by atoms with E-state index >= 15 is 0 Å². The standard InChI is InChI=1S/C20H13BrN2O6S2/c21-14-4-6-15(7-5-14)30(24,25)16-2-1-3-17(9-16)31(26,27)23-18-10-20-19(28-12-29-20)8-13(18)11-22/h1-10,23H,12H2. The minimum atomic E-state index is -4.20. The number of hydrogen-bond acceptors (Lipinski definition) is 7. The van der Waals surface area contributed by atoms with Gasteiger partial charge in [0.05, 0.1) is 25.9 Å². The molecule has 0 aliphatic carbocycles. The van der Waals surface area contributed by atoms with Crippen molar-refractivity contribution in [3.63, 3.8) is 0 Å². The number of hydrogen-bond donors (Lipinski definition) is 1. The molecule has 0 amide bonds. The summed E-state index contributed by atoms with van der Waals surface area (Å²) in [6.45, 7) is -0.0353. The monoisotopic (exact) mass is 520 g/mol. The second-order valence-corrected chi connectivity index (χ2v) is 10.9. The van der Waals surface area contributed by atoms with E-state index in [9.17, 15) is 22.1 Å². The van der Waals surface area contributed by atoms with Gasteiger partial charge < -0.3 is 9.47 Å². The molecule has 0 saturated carbocycles. The molecule has 3 aromatic carbocycles. The lowest BCUT2D eigenvalue weighted by molar-refractivity contribution is 0.174. The quantitative estimate of drug-likeness (QED) is 0.544. The number of ether oxygens (including phenoxy) is 2. The zero-order chi connectivity index (χ0) is 22.2. The molecule has 0 spiro atoms. The van der Waals surface area contributed by atoms with Crippen molar-refractivity contribution < 1.29 is 26.3 Å². The minimum Gasteiger partial charge on any atom is -0.454 e. The van der Waals surface area contributed by atoms with Gasteiger partial charge in [0.25, 0.3) is 10.0 Å². The Morgan fingerprint density at radius 1 is 0.871 bits per heavy atom. The average molecular weight is 521 g/mol. The Bertz CT molecular complexity index is 1430. The molecular formula is C20H13BrN2O6S2. The summed E-state index contributed by atoms with van der Waals surface area (Å²) in [7, 11) is -8.14. The van der Waals surface area contributed by atoms with Crippen molar-refractivity contribution in [1.29, 1.82) is 5.26 Å². The Labute approximate surface area is 187 Å². The highest BCUT2D eigenvalue weighted by atomic mass is 79.9. The second-order valence-electron chi connectivity index (χ2n) is 6.40. The zero-order valence-electron chi connectivity index (χ0n) is 15.6. The number of sulfone groups is 1. The van der Waals surface area contributed by atoms with Crippen LogP contribution < -0.4 is 14.2 Å². The first kappa shape index (κ1) is 21.2. The molecule has 0 fully saturated rings. The SMILES string of the molecule is N#Cc1cc2c(cc1NS(=O)(=O)c1cccc(S(=O)(=O)c3ccc(Br)cc3)c1)OCO2. The largest absolute Gasteiger partial charge is 0.454 e. The molecule has 8 nitrogen and oxygen atoms in total. The molecule has 0 unspecified atom stereocenters. The molecule has 0 aromatic heterocycles. The van der Waals surface area contributed by atoms with E-state index < -0.39 is 19.9 Å². The van der Waals surface area contributed by atoms with Gasteiger partial charge in [-0.25, -0.2) is 16.8 Å². The van der Waals surface area contributed by atoms with Crippen LogP contribution in [0, 0.1) is 11.3 Å². The highest BCUT2D eigenvalue weighted by Crippen LogP contribution is 2.37. The number of nitriles is 1. The fraction of sp³-hybridized carbons (Fsp3) is 0.0500. The fourth-order valence-corrected chi connectivity index (χ4v) is 5.64. The topological polar surface area (TPSA) is 123 Å². The van der Waals surface area contributed by atoms with Crippen LogP contribution in [0.15, 0.2) is 79.8 Å². The molecule has 0 radical (unpaired) electrons. The Morgan fingerprint density at radius 2 is 1.52 bits per heavy atom. The van der Waals surface area contributed by atoms with E-state index in [2.05, 4.69) is 20.7 Å². The smallest absolute Gasteiger partial charge is 0.261 e. The van der Waals surface area contributed by atoms with Crippen LogP contribution in [0.1, 0.15) is 5.56 Å². The fourth-order valence-electron chi connectivity index (χ4n) is 2.88. The summed E-state index contributed by atoms with van der Waals surface area (Å²) >= 11 is 3.25. The number of benzene rings is 3. The van der Waals surface area contributed by atoms with Crippen LogP contribution >= 0.6 is 15.9 Å². The minimum absolute atomic E-state index is 0.00656. The van der Waals surface area contributed by atoms with E-state index in [1.54, 1.807) is 12.1 Å². The van der Waals surface area contributed by atoms with Crippen molar-refractivity contribution in [3.8, 4) is 17.6 Å². The van der Waals surface area contributed by atoms with Gasteiger partial charge in [-0.3, -0.25) is 4.72 Å².